The van der Waals surface area contributed by atoms with Crippen LogP contribution in [-0.2, 0) is 4.74 Å². The third-order valence-electron chi connectivity index (χ3n) is 1.80. The summed E-state index contributed by atoms with van der Waals surface area (Å²) in [4.78, 5) is 20.8. The van der Waals surface area contributed by atoms with E-state index in [9.17, 15) is 23.7 Å². The number of methoxy groups -OCH3 is 1. The summed E-state index contributed by atoms with van der Waals surface area (Å²) >= 11 is 0. The van der Waals surface area contributed by atoms with Gasteiger partial charge in [0.05, 0.1) is 18.1 Å². The van der Waals surface area contributed by atoms with Crippen LogP contribution < -0.4 is 4.74 Å². The molecule has 0 amide bonds. The van der Waals surface area contributed by atoms with Gasteiger partial charge in [0.1, 0.15) is 11.3 Å². The normalized spacial score (nSPS) is 10.1. The van der Waals surface area contributed by atoms with Gasteiger partial charge >= 0.3 is 12.6 Å². The second kappa shape index (κ2) is 5.19. The summed E-state index contributed by atoms with van der Waals surface area (Å²) in [5.74, 6) is -1.52. The van der Waals surface area contributed by atoms with E-state index in [1.54, 1.807) is 0 Å². The van der Waals surface area contributed by atoms with E-state index in [2.05, 4.69) is 9.47 Å². The Morgan fingerprint density at radius 1 is 1.47 bits per heavy atom. The number of alkyl halides is 2. The number of carbonyl (C=O) groups excluding carboxylic acids is 1. The fraction of sp³-hybridized carbons (Fsp3) is 0.222. The standard InChI is InChI=1S/C9H7F2NO5/c1-16-8(13)6-3-2-5(12(14)15)4-7(6)17-9(10)11/h2-4,9H,1H3. The van der Waals surface area contributed by atoms with E-state index in [1.165, 1.54) is 0 Å². The molecule has 0 aliphatic heterocycles. The van der Waals surface area contributed by atoms with Crippen LogP contribution in [0.1, 0.15) is 10.4 Å². The number of carbonyl (C=O) groups is 1. The highest BCUT2D eigenvalue weighted by atomic mass is 19.3. The lowest BCUT2D eigenvalue weighted by molar-refractivity contribution is -0.385. The molecule has 0 aliphatic rings. The van der Waals surface area contributed by atoms with Crippen LogP contribution >= 0.6 is 0 Å². The largest absolute Gasteiger partial charge is 0.465 e. The highest BCUT2D eigenvalue weighted by Crippen LogP contribution is 2.26. The molecule has 0 saturated heterocycles. The molecule has 0 N–H and O–H groups in total. The van der Waals surface area contributed by atoms with Crippen molar-refractivity contribution < 1.29 is 28.0 Å². The van der Waals surface area contributed by atoms with E-state index in [1.807, 2.05) is 0 Å². The van der Waals surface area contributed by atoms with Crippen LogP contribution in [0.3, 0.4) is 0 Å². The Kier molecular flexibility index (Phi) is 3.91. The summed E-state index contributed by atoms with van der Waals surface area (Å²) in [5.41, 5.74) is -0.772. The topological polar surface area (TPSA) is 78.7 Å². The van der Waals surface area contributed by atoms with E-state index in [0.717, 1.165) is 25.3 Å². The van der Waals surface area contributed by atoms with E-state index in [-0.39, 0.29) is 5.56 Å². The highest BCUT2D eigenvalue weighted by molar-refractivity contribution is 5.92. The molecule has 0 unspecified atom stereocenters. The van der Waals surface area contributed by atoms with Crippen molar-refractivity contribution in [3.63, 3.8) is 0 Å². The van der Waals surface area contributed by atoms with Gasteiger partial charge in [-0.15, -0.1) is 0 Å². The molecule has 17 heavy (non-hydrogen) atoms. The van der Waals surface area contributed by atoms with Gasteiger partial charge in [-0.2, -0.15) is 8.78 Å². The van der Waals surface area contributed by atoms with Crippen LogP contribution in [0.25, 0.3) is 0 Å². The number of ether oxygens (including phenoxy) is 2. The first-order valence-corrected chi connectivity index (χ1v) is 4.27. The zero-order valence-electron chi connectivity index (χ0n) is 8.55. The van der Waals surface area contributed by atoms with Crippen LogP contribution in [0.5, 0.6) is 5.75 Å². The van der Waals surface area contributed by atoms with Gasteiger partial charge in [-0.25, -0.2) is 4.79 Å². The minimum absolute atomic E-state index is 0.307. The average molecular weight is 247 g/mol. The van der Waals surface area contributed by atoms with Crippen molar-refractivity contribution in [2.24, 2.45) is 0 Å². The quantitative estimate of drug-likeness (QED) is 0.461. The molecule has 1 aromatic rings. The van der Waals surface area contributed by atoms with Gasteiger partial charge in [0.25, 0.3) is 5.69 Å². The van der Waals surface area contributed by atoms with E-state index in [0.29, 0.717) is 0 Å². The molecule has 8 heteroatoms. The third kappa shape index (κ3) is 3.10. The molecule has 6 nitrogen and oxygen atoms in total. The van der Waals surface area contributed by atoms with Gasteiger partial charge in [-0.05, 0) is 6.07 Å². The van der Waals surface area contributed by atoms with Crippen molar-refractivity contribution in [2.75, 3.05) is 7.11 Å². The Hall–Kier alpha value is -2.25. The smallest absolute Gasteiger partial charge is 0.387 e. The van der Waals surface area contributed by atoms with Crippen LogP contribution in [-0.4, -0.2) is 24.6 Å². The molecule has 0 radical (unpaired) electrons. The van der Waals surface area contributed by atoms with E-state index in [4.69, 9.17) is 0 Å². The minimum Gasteiger partial charge on any atom is -0.465 e. The summed E-state index contributed by atoms with van der Waals surface area (Å²) in [5, 5.41) is 10.4. The maximum absolute atomic E-state index is 12.1. The summed E-state index contributed by atoms with van der Waals surface area (Å²) in [6.45, 7) is -3.19. The average Bonchev–Trinajstić information content (AvgIpc) is 2.27. The SMILES string of the molecule is COC(=O)c1ccc([N+](=O)[O-])cc1OC(F)F. The number of halogens is 2. The van der Waals surface area contributed by atoms with Crippen LogP contribution in [0.2, 0.25) is 0 Å². The minimum atomic E-state index is -3.19. The lowest BCUT2D eigenvalue weighted by Gasteiger charge is -2.08. The summed E-state index contributed by atoms with van der Waals surface area (Å²) in [7, 11) is 1.05. The Morgan fingerprint density at radius 3 is 2.59 bits per heavy atom. The maximum Gasteiger partial charge on any atom is 0.387 e. The number of nitro groups is 1. The summed E-state index contributed by atoms with van der Waals surface area (Å²) < 4.78 is 32.5. The monoisotopic (exact) mass is 247 g/mol. The maximum atomic E-state index is 12.1. The van der Waals surface area contributed by atoms with Crippen molar-refractivity contribution >= 4 is 11.7 Å². The zero-order chi connectivity index (χ0) is 13.0. The fourth-order valence-electron chi connectivity index (χ4n) is 1.10. The lowest BCUT2D eigenvalue weighted by atomic mass is 10.2. The molecule has 0 saturated carbocycles. The Morgan fingerprint density at radius 2 is 2.12 bits per heavy atom. The van der Waals surface area contributed by atoms with Crippen LogP contribution in [0, 0.1) is 10.1 Å². The van der Waals surface area contributed by atoms with Crippen LogP contribution in [0.4, 0.5) is 14.5 Å². The third-order valence-corrected chi connectivity index (χ3v) is 1.80. The molecule has 92 valence electrons. The van der Waals surface area contributed by atoms with Gasteiger partial charge in [0.2, 0.25) is 0 Å². The molecule has 0 atom stereocenters. The molecule has 0 aliphatic carbocycles. The van der Waals surface area contributed by atoms with Gasteiger partial charge in [-0.3, -0.25) is 10.1 Å². The van der Waals surface area contributed by atoms with Crippen molar-refractivity contribution in [1.82, 2.24) is 0 Å². The van der Waals surface area contributed by atoms with Crippen molar-refractivity contribution in [1.29, 1.82) is 0 Å². The Balaban J connectivity index is 3.21. The second-order valence-electron chi connectivity index (χ2n) is 2.81. The van der Waals surface area contributed by atoms with Crippen molar-refractivity contribution in [3.8, 4) is 5.75 Å². The van der Waals surface area contributed by atoms with E-state index >= 15 is 0 Å². The number of esters is 1. The van der Waals surface area contributed by atoms with Gasteiger partial charge in [0.15, 0.2) is 0 Å². The predicted molar refractivity (Wildman–Crippen MR) is 51.1 cm³/mol. The molecule has 1 rings (SSSR count). The Bertz CT molecular complexity index is 449. The number of rotatable bonds is 4. The molecular formula is C9H7F2NO5. The van der Waals surface area contributed by atoms with Crippen molar-refractivity contribution in [2.45, 2.75) is 6.61 Å². The molecule has 0 heterocycles. The molecule has 0 aromatic heterocycles. The predicted octanol–water partition coefficient (Wildman–Crippen LogP) is 1.98. The van der Waals surface area contributed by atoms with E-state index < -0.39 is 28.9 Å². The molecule has 0 spiro atoms. The van der Waals surface area contributed by atoms with Crippen molar-refractivity contribution in [3.05, 3.63) is 33.9 Å². The molecule has 0 fully saturated rings. The first-order chi connectivity index (χ1) is 7.95. The number of hydrogen-bond donors (Lipinski definition) is 0. The number of nitro benzene ring substituents is 1. The number of non-ortho nitro benzene ring substituents is 1. The lowest BCUT2D eigenvalue weighted by Crippen LogP contribution is -2.09. The van der Waals surface area contributed by atoms with Gasteiger partial charge in [0, 0.05) is 6.07 Å². The van der Waals surface area contributed by atoms with Crippen LogP contribution in [0.15, 0.2) is 18.2 Å². The van der Waals surface area contributed by atoms with Gasteiger partial charge < -0.3 is 9.47 Å². The number of hydrogen-bond acceptors (Lipinski definition) is 5. The van der Waals surface area contributed by atoms with Gasteiger partial charge in [-0.1, -0.05) is 0 Å². The zero-order valence-corrected chi connectivity index (χ0v) is 8.55. The number of nitrogens with zero attached hydrogens (tertiary/aromatic N) is 1. The Labute approximate surface area is 93.9 Å². The second-order valence-corrected chi connectivity index (χ2v) is 2.81. The molecule has 0 bridgehead atoms. The first-order valence-electron chi connectivity index (χ1n) is 4.27. The highest BCUT2D eigenvalue weighted by Gasteiger charge is 2.20. The summed E-state index contributed by atoms with van der Waals surface area (Å²) in [6.07, 6.45) is 0. The fourth-order valence-corrected chi connectivity index (χ4v) is 1.10. The summed E-state index contributed by atoms with van der Waals surface area (Å²) in [6, 6.07) is 2.71. The first kappa shape index (κ1) is 12.8. The number of benzene rings is 1. The molecule has 1 aromatic carbocycles. The molecular weight excluding hydrogens is 240 g/mol.